The van der Waals surface area contributed by atoms with Crippen LogP contribution in [0.3, 0.4) is 0 Å². The van der Waals surface area contributed by atoms with Gasteiger partial charge in [-0.05, 0) is 31.7 Å². The molecular weight excluding hydrogens is 158 g/mol. The molecule has 80 valence electrons. The minimum Gasteiger partial charge on any atom is -0.303 e. The van der Waals surface area contributed by atoms with Crippen molar-refractivity contribution < 1.29 is 0 Å². The Morgan fingerprint density at radius 1 is 1.15 bits per heavy atom. The van der Waals surface area contributed by atoms with Gasteiger partial charge in [-0.25, -0.2) is 0 Å². The third-order valence-electron chi connectivity index (χ3n) is 3.38. The van der Waals surface area contributed by atoms with Gasteiger partial charge in [0.2, 0.25) is 0 Å². The maximum absolute atomic E-state index is 2.47. The van der Waals surface area contributed by atoms with Crippen LogP contribution < -0.4 is 0 Å². The Hall–Kier alpha value is -0.0400. The predicted molar refractivity (Wildman–Crippen MR) is 61.0 cm³/mol. The smallest absolute Gasteiger partial charge is 0.00613 e. The molecule has 0 bridgehead atoms. The molecule has 0 N–H and O–H groups in total. The van der Waals surface area contributed by atoms with Crippen LogP contribution in [-0.2, 0) is 0 Å². The quantitative estimate of drug-likeness (QED) is 0.649. The van der Waals surface area contributed by atoms with E-state index in [1.165, 1.54) is 13.0 Å². The zero-order valence-corrected chi connectivity index (χ0v) is 10.5. The van der Waals surface area contributed by atoms with Crippen LogP contribution >= 0.6 is 0 Å². The Balaban J connectivity index is 3.98. The first kappa shape index (κ1) is 13.0. The van der Waals surface area contributed by atoms with Gasteiger partial charge in [-0.15, -0.1) is 0 Å². The molecule has 0 fully saturated rings. The zero-order chi connectivity index (χ0) is 10.6. The Bertz CT molecular complexity index is 135. The first-order chi connectivity index (χ1) is 5.79. The van der Waals surface area contributed by atoms with Crippen LogP contribution in [0.2, 0.25) is 0 Å². The SMILES string of the molecule is CCC(C)N(C)CC(C)C(C)(C)C. The molecule has 1 heteroatoms. The first-order valence-corrected chi connectivity index (χ1v) is 5.49. The summed E-state index contributed by atoms with van der Waals surface area (Å²) in [5.41, 5.74) is 0.432. The van der Waals surface area contributed by atoms with Crippen molar-refractivity contribution in [1.82, 2.24) is 4.90 Å². The Labute approximate surface area is 84.5 Å². The van der Waals surface area contributed by atoms with Crippen molar-refractivity contribution in [2.75, 3.05) is 13.6 Å². The summed E-state index contributed by atoms with van der Waals surface area (Å²) < 4.78 is 0. The molecule has 0 amide bonds. The van der Waals surface area contributed by atoms with Crippen molar-refractivity contribution >= 4 is 0 Å². The number of rotatable bonds is 4. The van der Waals surface area contributed by atoms with E-state index in [9.17, 15) is 0 Å². The molecule has 2 atom stereocenters. The predicted octanol–water partition coefficient (Wildman–Crippen LogP) is 3.40. The molecule has 0 aliphatic carbocycles. The molecule has 0 spiro atoms. The van der Waals surface area contributed by atoms with Crippen LogP contribution in [0.1, 0.15) is 48.0 Å². The van der Waals surface area contributed by atoms with E-state index < -0.39 is 0 Å². The summed E-state index contributed by atoms with van der Waals surface area (Å²) in [6.07, 6.45) is 1.24. The normalized spacial score (nSPS) is 17.5. The summed E-state index contributed by atoms with van der Waals surface area (Å²) in [5.74, 6) is 0.756. The topological polar surface area (TPSA) is 3.24 Å². The van der Waals surface area contributed by atoms with Crippen LogP contribution in [0, 0.1) is 11.3 Å². The van der Waals surface area contributed by atoms with Crippen molar-refractivity contribution in [2.24, 2.45) is 11.3 Å². The van der Waals surface area contributed by atoms with Crippen molar-refractivity contribution in [3.05, 3.63) is 0 Å². The van der Waals surface area contributed by atoms with E-state index in [1.54, 1.807) is 0 Å². The van der Waals surface area contributed by atoms with Gasteiger partial charge in [0.1, 0.15) is 0 Å². The molecular formula is C12H27N. The van der Waals surface area contributed by atoms with E-state index in [0.29, 0.717) is 11.5 Å². The molecule has 0 aliphatic heterocycles. The van der Waals surface area contributed by atoms with Gasteiger partial charge in [-0.2, -0.15) is 0 Å². The lowest BCUT2D eigenvalue weighted by molar-refractivity contribution is 0.152. The first-order valence-electron chi connectivity index (χ1n) is 5.49. The molecule has 13 heavy (non-hydrogen) atoms. The van der Waals surface area contributed by atoms with E-state index >= 15 is 0 Å². The van der Waals surface area contributed by atoms with Gasteiger partial charge >= 0.3 is 0 Å². The third kappa shape index (κ3) is 4.66. The molecule has 0 rings (SSSR count). The third-order valence-corrected chi connectivity index (χ3v) is 3.38. The minimum atomic E-state index is 0.432. The van der Waals surface area contributed by atoms with Gasteiger partial charge in [0.05, 0.1) is 0 Å². The summed E-state index contributed by atoms with van der Waals surface area (Å²) in [6, 6.07) is 0.713. The van der Waals surface area contributed by atoms with Gasteiger partial charge in [-0.3, -0.25) is 0 Å². The minimum absolute atomic E-state index is 0.432. The molecule has 1 nitrogen and oxygen atoms in total. The second-order valence-electron chi connectivity index (χ2n) is 5.46. The molecule has 0 aromatic heterocycles. The van der Waals surface area contributed by atoms with E-state index in [2.05, 4.69) is 53.5 Å². The fourth-order valence-electron chi connectivity index (χ4n) is 1.20. The van der Waals surface area contributed by atoms with E-state index in [4.69, 9.17) is 0 Å². The summed E-state index contributed by atoms with van der Waals surface area (Å²) in [7, 11) is 2.23. The molecule has 0 radical (unpaired) electrons. The second kappa shape index (κ2) is 4.99. The number of nitrogens with zero attached hydrogens (tertiary/aromatic N) is 1. The van der Waals surface area contributed by atoms with Crippen LogP contribution in [0.5, 0.6) is 0 Å². The lowest BCUT2D eigenvalue weighted by atomic mass is 9.81. The summed E-state index contributed by atoms with van der Waals surface area (Å²) in [6.45, 7) is 15.1. The summed E-state index contributed by atoms with van der Waals surface area (Å²) in [4.78, 5) is 2.47. The lowest BCUT2D eigenvalue weighted by Crippen LogP contribution is -2.36. The number of hydrogen-bond acceptors (Lipinski definition) is 1. The maximum atomic E-state index is 2.47. The van der Waals surface area contributed by atoms with Crippen LogP contribution in [0.15, 0.2) is 0 Å². The standard InChI is InChI=1S/C12H27N/c1-8-11(3)13(7)9-10(2)12(4,5)6/h10-11H,8-9H2,1-7H3. The lowest BCUT2D eigenvalue weighted by Gasteiger charge is -2.33. The highest BCUT2D eigenvalue weighted by molar-refractivity contribution is 4.74. The molecule has 0 saturated heterocycles. The number of hydrogen-bond donors (Lipinski definition) is 0. The molecule has 0 saturated carbocycles. The Morgan fingerprint density at radius 2 is 1.62 bits per heavy atom. The van der Waals surface area contributed by atoms with Gasteiger partial charge < -0.3 is 4.90 Å². The highest BCUT2D eigenvalue weighted by Crippen LogP contribution is 2.26. The fourth-order valence-corrected chi connectivity index (χ4v) is 1.20. The van der Waals surface area contributed by atoms with Gasteiger partial charge in [0.25, 0.3) is 0 Å². The Kier molecular flexibility index (Phi) is 4.98. The fraction of sp³-hybridized carbons (Fsp3) is 1.00. The highest BCUT2D eigenvalue weighted by atomic mass is 15.1. The van der Waals surface area contributed by atoms with Crippen molar-refractivity contribution in [3.8, 4) is 0 Å². The highest BCUT2D eigenvalue weighted by Gasteiger charge is 2.22. The molecule has 2 unspecified atom stereocenters. The van der Waals surface area contributed by atoms with E-state index in [-0.39, 0.29) is 0 Å². The second-order valence-corrected chi connectivity index (χ2v) is 5.46. The van der Waals surface area contributed by atoms with Crippen LogP contribution in [0.25, 0.3) is 0 Å². The maximum Gasteiger partial charge on any atom is 0.00613 e. The van der Waals surface area contributed by atoms with Gasteiger partial charge in [0, 0.05) is 12.6 Å². The van der Waals surface area contributed by atoms with Gasteiger partial charge in [-0.1, -0.05) is 34.6 Å². The van der Waals surface area contributed by atoms with E-state index in [0.717, 1.165) is 5.92 Å². The molecule has 0 aromatic carbocycles. The van der Waals surface area contributed by atoms with Crippen molar-refractivity contribution in [3.63, 3.8) is 0 Å². The van der Waals surface area contributed by atoms with Crippen molar-refractivity contribution in [2.45, 2.75) is 54.0 Å². The Morgan fingerprint density at radius 3 is 1.92 bits per heavy atom. The van der Waals surface area contributed by atoms with Crippen LogP contribution in [0.4, 0.5) is 0 Å². The summed E-state index contributed by atoms with van der Waals surface area (Å²) >= 11 is 0. The summed E-state index contributed by atoms with van der Waals surface area (Å²) in [5, 5.41) is 0. The van der Waals surface area contributed by atoms with Gasteiger partial charge in [0.15, 0.2) is 0 Å². The largest absolute Gasteiger partial charge is 0.303 e. The molecule has 0 aliphatic rings. The average Bonchev–Trinajstić information content (AvgIpc) is 2.01. The van der Waals surface area contributed by atoms with Crippen LogP contribution in [-0.4, -0.2) is 24.5 Å². The average molecular weight is 185 g/mol. The van der Waals surface area contributed by atoms with Crippen molar-refractivity contribution in [1.29, 1.82) is 0 Å². The molecule has 0 heterocycles. The zero-order valence-electron chi connectivity index (χ0n) is 10.5. The van der Waals surface area contributed by atoms with E-state index in [1.807, 2.05) is 0 Å². The monoisotopic (exact) mass is 185 g/mol. The molecule has 0 aromatic rings.